The van der Waals surface area contributed by atoms with Gasteiger partial charge in [-0.3, -0.25) is 0 Å². The number of aliphatic hydroxyl groups excluding tert-OH is 3. The first-order chi connectivity index (χ1) is 9.13. The topological polar surface area (TPSA) is 114 Å². The second-order valence-corrected chi connectivity index (χ2v) is 5.04. The van der Waals surface area contributed by atoms with E-state index < -0.39 is 24.5 Å². The van der Waals surface area contributed by atoms with Gasteiger partial charge in [-0.25, -0.2) is 0 Å². The minimum atomic E-state index is -1.16. The van der Waals surface area contributed by atoms with Crippen molar-refractivity contribution in [3.8, 4) is 0 Å². The Balaban J connectivity index is 2.04. The Kier molecular flexibility index (Phi) is 3.25. The van der Waals surface area contributed by atoms with E-state index in [1.807, 2.05) is 0 Å². The number of imidazole rings is 1. The van der Waals surface area contributed by atoms with E-state index in [0.717, 1.165) is 0 Å². The van der Waals surface area contributed by atoms with Gasteiger partial charge in [-0.2, -0.15) is 0 Å². The Morgan fingerprint density at radius 3 is 2.74 bits per heavy atom. The molecule has 0 unspecified atom stereocenters. The number of hydrogen-bond acceptors (Lipinski definition) is 7. The summed E-state index contributed by atoms with van der Waals surface area (Å²) in [5.74, 6) is 0. The summed E-state index contributed by atoms with van der Waals surface area (Å²) < 4.78 is 7.54. The second-order valence-electron chi connectivity index (χ2n) is 4.23. The number of fused-ring (bicyclic) bond motifs is 1. The summed E-state index contributed by atoms with van der Waals surface area (Å²) in [6.45, 7) is -0.372. The van der Waals surface area contributed by atoms with Crippen LogP contribution in [0.4, 0.5) is 0 Å². The zero-order valence-corrected chi connectivity index (χ0v) is 11.3. The van der Waals surface area contributed by atoms with Gasteiger partial charge in [0.25, 0.3) is 0 Å². The molecule has 19 heavy (non-hydrogen) atoms. The summed E-state index contributed by atoms with van der Waals surface area (Å²) in [6, 6.07) is 0. The Morgan fingerprint density at radius 2 is 2.05 bits per heavy atom. The summed E-state index contributed by atoms with van der Waals surface area (Å²) in [5, 5.41) is 28.8. The quantitative estimate of drug-likeness (QED) is 0.511. The van der Waals surface area contributed by atoms with Gasteiger partial charge in [0, 0.05) is 0 Å². The molecule has 0 bridgehead atoms. The summed E-state index contributed by atoms with van der Waals surface area (Å²) in [6.07, 6.45) is -1.15. The summed E-state index contributed by atoms with van der Waals surface area (Å²) >= 11 is 2.77. The van der Waals surface area contributed by atoms with Crippen molar-refractivity contribution in [2.45, 2.75) is 24.5 Å². The molecular formula is C10H11N4O4Se. The molecule has 1 aliphatic heterocycles. The molecule has 3 rings (SSSR count). The van der Waals surface area contributed by atoms with E-state index in [2.05, 4.69) is 31.0 Å². The van der Waals surface area contributed by atoms with E-state index in [-0.39, 0.29) is 6.61 Å². The average molecular weight is 330 g/mol. The Bertz CT molecular complexity index is 606. The minimum absolute atomic E-state index is 0.372. The standard InChI is InChI=1S/C10H11N4O4Se/c15-1-4-6(16)7(17)10(18-4)14-3-13-5-8(14)11-2-12-9(5)19/h2-4,6-7,10,15-17H,1H2/t4-,6-,7+,10-/m1/s1. The molecule has 9 heteroatoms. The molecule has 8 nitrogen and oxygen atoms in total. The summed E-state index contributed by atoms with van der Waals surface area (Å²) in [4.78, 5) is 12.2. The van der Waals surface area contributed by atoms with Crippen LogP contribution < -0.4 is 4.59 Å². The molecule has 0 spiro atoms. The van der Waals surface area contributed by atoms with E-state index >= 15 is 0 Å². The van der Waals surface area contributed by atoms with Crippen molar-refractivity contribution in [3.63, 3.8) is 0 Å². The first-order valence-electron chi connectivity index (χ1n) is 5.60. The average Bonchev–Trinajstić information content (AvgIpc) is 2.94. The number of aliphatic hydroxyl groups is 3. The van der Waals surface area contributed by atoms with Crippen LogP contribution in [0, 0.1) is 0 Å². The second kappa shape index (κ2) is 4.78. The molecule has 1 radical (unpaired) electrons. The van der Waals surface area contributed by atoms with Crippen molar-refractivity contribution < 1.29 is 20.1 Å². The number of rotatable bonds is 2. The predicted octanol–water partition coefficient (Wildman–Crippen LogP) is -2.77. The van der Waals surface area contributed by atoms with Gasteiger partial charge in [-0.1, -0.05) is 0 Å². The molecule has 3 heterocycles. The van der Waals surface area contributed by atoms with E-state index in [1.165, 1.54) is 17.2 Å². The molecule has 1 aliphatic rings. The van der Waals surface area contributed by atoms with Crippen LogP contribution in [0.25, 0.3) is 11.2 Å². The molecule has 4 atom stereocenters. The van der Waals surface area contributed by atoms with E-state index in [4.69, 9.17) is 9.84 Å². The fourth-order valence-corrected chi connectivity index (χ4v) is 2.53. The third-order valence-electron chi connectivity index (χ3n) is 3.12. The molecule has 0 aromatic carbocycles. The fraction of sp³-hybridized carbons (Fsp3) is 0.500. The van der Waals surface area contributed by atoms with Gasteiger partial charge in [-0.05, 0) is 0 Å². The van der Waals surface area contributed by atoms with Crippen LogP contribution in [-0.2, 0) is 4.74 Å². The van der Waals surface area contributed by atoms with Crippen LogP contribution in [-0.4, -0.2) is 75.8 Å². The maximum absolute atomic E-state index is 9.97. The van der Waals surface area contributed by atoms with Crippen molar-refractivity contribution in [3.05, 3.63) is 12.7 Å². The van der Waals surface area contributed by atoms with Crippen LogP contribution in [0.5, 0.6) is 0 Å². The normalized spacial score (nSPS) is 31.1. The number of ether oxygens (including phenoxy) is 1. The van der Waals surface area contributed by atoms with Crippen molar-refractivity contribution in [2.24, 2.45) is 0 Å². The van der Waals surface area contributed by atoms with Gasteiger partial charge in [0.05, 0.1) is 0 Å². The van der Waals surface area contributed by atoms with Crippen molar-refractivity contribution in [1.82, 2.24) is 19.5 Å². The molecule has 0 saturated carbocycles. The van der Waals surface area contributed by atoms with Crippen molar-refractivity contribution in [1.29, 1.82) is 0 Å². The molecule has 2 aromatic rings. The zero-order valence-electron chi connectivity index (χ0n) is 9.62. The first-order valence-corrected chi connectivity index (χ1v) is 6.46. The number of nitrogens with zero attached hydrogens (tertiary/aromatic N) is 4. The molecular weight excluding hydrogens is 319 g/mol. The Hall–Kier alpha value is -1.09. The van der Waals surface area contributed by atoms with E-state index in [1.54, 1.807) is 0 Å². The monoisotopic (exact) mass is 331 g/mol. The third kappa shape index (κ3) is 1.95. The van der Waals surface area contributed by atoms with Crippen LogP contribution in [0.15, 0.2) is 12.7 Å². The van der Waals surface area contributed by atoms with Crippen LogP contribution in [0.2, 0.25) is 0 Å². The first kappa shape index (κ1) is 12.9. The van der Waals surface area contributed by atoms with Gasteiger partial charge >= 0.3 is 115 Å². The summed E-state index contributed by atoms with van der Waals surface area (Å²) in [5.41, 5.74) is 1.04. The number of hydrogen-bond donors (Lipinski definition) is 3. The molecule has 2 aromatic heterocycles. The van der Waals surface area contributed by atoms with Gasteiger partial charge in [-0.15, -0.1) is 0 Å². The SMILES string of the molecule is OC[C@H]1O[C@@H](n2cnc3c([Se])ncnc32)[C@@H](O)[C@@H]1O. The summed E-state index contributed by atoms with van der Waals surface area (Å²) in [7, 11) is 0. The van der Waals surface area contributed by atoms with Crippen molar-refractivity contribution >= 4 is 31.8 Å². The molecule has 0 amide bonds. The van der Waals surface area contributed by atoms with Crippen LogP contribution in [0.1, 0.15) is 6.23 Å². The predicted molar refractivity (Wildman–Crippen MR) is 63.7 cm³/mol. The van der Waals surface area contributed by atoms with Gasteiger partial charge in [0.1, 0.15) is 0 Å². The maximum atomic E-state index is 9.97. The van der Waals surface area contributed by atoms with E-state index in [9.17, 15) is 10.2 Å². The van der Waals surface area contributed by atoms with Gasteiger partial charge in [0.15, 0.2) is 0 Å². The van der Waals surface area contributed by atoms with Gasteiger partial charge < -0.3 is 0 Å². The van der Waals surface area contributed by atoms with Crippen LogP contribution >= 0.6 is 0 Å². The molecule has 1 fully saturated rings. The zero-order chi connectivity index (χ0) is 13.6. The number of aromatic nitrogens is 4. The molecule has 101 valence electrons. The van der Waals surface area contributed by atoms with Crippen molar-refractivity contribution in [2.75, 3.05) is 6.61 Å². The van der Waals surface area contributed by atoms with Gasteiger partial charge in [0.2, 0.25) is 0 Å². The van der Waals surface area contributed by atoms with Crippen LogP contribution in [0.3, 0.4) is 0 Å². The molecule has 3 N–H and O–H groups in total. The Morgan fingerprint density at radius 1 is 1.26 bits per heavy atom. The third-order valence-corrected chi connectivity index (χ3v) is 3.74. The molecule has 0 aliphatic carbocycles. The Labute approximate surface area is 115 Å². The fourth-order valence-electron chi connectivity index (χ4n) is 2.13. The molecule has 1 saturated heterocycles. The van der Waals surface area contributed by atoms with E-state index in [0.29, 0.717) is 15.8 Å².